The highest BCUT2D eigenvalue weighted by atomic mass is 16.6. The molecule has 7 rings (SSSR count). The summed E-state index contributed by atoms with van der Waals surface area (Å²) in [6.07, 6.45) is 9.47. The second-order valence-electron chi connectivity index (χ2n) is 9.72. The normalized spacial score (nSPS) is 37.2. The number of benzene rings is 1. The van der Waals surface area contributed by atoms with E-state index in [1.165, 1.54) is 24.9 Å². The molecule has 6 aliphatic rings. The number of hydrogen-bond acceptors (Lipinski definition) is 5. The van der Waals surface area contributed by atoms with Crippen LogP contribution >= 0.6 is 0 Å². The maximum absolute atomic E-state index is 12.6. The highest BCUT2D eigenvalue weighted by Gasteiger charge is 2.55. The van der Waals surface area contributed by atoms with E-state index < -0.39 is 0 Å². The molecule has 5 heteroatoms. The van der Waals surface area contributed by atoms with Gasteiger partial charge in [-0.25, -0.2) is 9.79 Å². The molecule has 0 amide bonds. The molecule has 1 aromatic rings. The van der Waals surface area contributed by atoms with E-state index in [4.69, 9.17) is 14.5 Å². The fourth-order valence-electron chi connectivity index (χ4n) is 6.77. The van der Waals surface area contributed by atoms with Crippen LogP contribution in [0.4, 0.5) is 5.69 Å². The minimum atomic E-state index is -0.284. The van der Waals surface area contributed by atoms with Crippen molar-refractivity contribution >= 4 is 23.6 Å². The first-order valence-electron chi connectivity index (χ1n) is 11.1. The summed E-state index contributed by atoms with van der Waals surface area (Å²) in [5, 5.41) is 0. The van der Waals surface area contributed by atoms with Gasteiger partial charge in [0.2, 0.25) is 5.90 Å². The van der Waals surface area contributed by atoms with Crippen LogP contribution in [0.5, 0.6) is 0 Å². The number of esters is 1. The quantitative estimate of drug-likeness (QED) is 0.576. The van der Waals surface area contributed by atoms with Crippen molar-refractivity contribution in [3.63, 3.8) is 0 Å². The van der Waals surface area contributed by atoms with Crippen molar-refractivity contribution in [1.29, 1.82) is 0 Å². The van der Waals surface area contributed by atoms with Gasteiger partial charge in [-0.05, 0) is 80.1 Å². The third-order valence-corrected chi connectivity index (χ3v) is 7.69. The molecule has 0 radical (unpaired) electrons. The van der Waals surface area contributed by atoms with Crippen LogP contribution in [0.1, 0.15) is 44.1 Å². The molecule has 4 saturated carbocycles. The number of rotatable bonds is 3. The molecule has 4 bridgehead atoms. The second kappa shape index (κ2) is 6.69. The fourth-order valence-corrected chi connectivity index (χ4v) is 6.77. The predicted octanol–water partition coefficient (Wildman–Crippen LogP) is 4.04. The molecule has 0 unspecified atom stereocenters. The zero-order valence-corrected chi connectivity index (χ0v) is 16.8. The van der Waals surface area contributed by atoms with Gasteiger partial charge in [-0.2, -0.15) is 0 Å². The highest BCUT2D eigenvalue weighted by molar-refractivity contribution is 6.09. The van der Waals surface area contributed by atoms with E-state index >= 15 is 0 Å². The van der Waals surface area contributed by atoms with E-state index in [0.29, 0.717) is 5.70 Å². The van der Waals surface area contributed by atoms with Crippen LogP contribution in [0.25, 0.3) is 6.08 Å². The van der Waals surface area contributed by atoms with Gasteiger partial charge < -0.3 is 14.4 Å². The van der Waals surface area contributed by atoms with E-state index in [-0.39, 0.29) is 11.4 Å². The smallest absolute Gasteiger partial charge is 0.363 e. The molecule has 29 heavy (non-hydrogen) atoms. The molecule has 2 aliphatic heterocycles. The SMILES string of the molecule is O=C1OC(C23CC4CC(CC(C4)C2)C3)=N/C1=C/c1ccc(N2CCOCC2)cc1. The third kappa shape index (κ3) is 3.10. The molecule has 0 spiro atoms. The van der Waals surface area contributed by atoms with Crippen LogP contribution < -0.4 is 4.90 Å². The third-order valence-electron chi connectivity index (χ3n) is 7.69. The number of anilines is 1. The van der Waals surface area contributed by atoms with Crippen LogP contribution in [0.3, 0.4) is 0 Å². The van der Waals surface area contributed by atoms with Crippen molar-refractivity contribution in [2.45, 2.75) is 38.5 Å². The summed E-state index contributed by atoms with van der Waals surface area (Å²) < 4.78 is 11.2. The lowest BCUT2D eigenvalue weighted by Gasteiger charge is -2.55. The predicted molar refractivity (Wildman–Crippen MR) is 112 cm³/mol. The van der Waals surface area contributed by atoms with Gasteiger partial charge >= 0.3 is 5.97 Å². The van der Waals surface area contributed by atoms with E-state index in [1.807, 2.05) is 6.08 Å². The van der Waals surface area contributed by atoms with Crippen LogP contribution in [-0.4, -0.2) is 38.2 Å². The summed E-state index contributed by atoms with van der Waals surface area (Å²) in [6.45, 7) is 3.40. The Hall–Kier alpha value is -2.14. The number of aliphatic imine (C=N–C) groups is 1. The Morgan fingerprint density at radius 2 is 1.59 bits per heavy atom. The molecule has 0 atom stereocenters. The Kier molecular flexibility index (Phi) is 4.09. The van der Waals surface area contributed by atoms with Gasteiger partial charge in [-0.3, -0.25) is 0 Å². The van der Waals surface area contributed by atoms with E-state index in [0.717, 1.165) is 74.8 Å². The Morgan fingerprint density at radius 3 is 2.21 bits per heavy atom. The maximum atomic E-state index is 12.6. The van der Waals surface area contributed by atoms with Crippen molar-refractivity contribution < 1.29 is 14.3 Å². The summed E-state index contributed by atoms with van der Waals surface area (Å²) in [4.78, 5) is 19.6. The number of hydrogen-bond donors (Lipinski definition) is 0. The Balaban J connectivity index is 1.23. The standard InChI is InChI=1S/C24H28N2O3/c27-22-21(12-16-1-3-20(4-2-16)26-5-7-28-8-6-26)25-23(29-22)24-13-17-9-18(14-24)11-19(10-17)15-24/h1-4,12,17-19H,5-11,13-15H2/b21-12+. The second-order valence-corrected chi connectivity index (χ2v) is 9.72. The molecular formula is C24H28N2O3. The van der Waals surface area contributed by atoms with Crippen molar-refractivity contribution in [3.05, 3.63) is 35.5 Å². The van der Waals surface area contributed by atoms with E-state index in [1.54, 1.807) is 0 Å². The molecule has 4 aliphatic carbocycles. The summed E-state index contributed by atoms with van der Waals surface area (Å²) >= 11 is 0. The lowest BCUT2D eigenvalue weighted by molar-refractivity contribution is -0.131. The number of carbonyl (C=O) groups is 1. The summed E-state index contributed by atoms with van der Waals surface area (Å²) in [5.74, 6) is 2.86. The van der Waals surface area contributed by atoms with Crippen LogP contribution in [0, 0.1) is 23.2 Å². The van der Waals surface area contributed by atoms with Crippen LogP contribution in [-0.2, 0) is 14.3 Å². The molecule has 1 saturated heterocycles. The fraction of sp³-hybridized carbons (Fsp3) is 0.583. The maximum Gasteiger partial charge on any atom is 0.363 e. The zero-order chi connectivity index (χ0) is 19.4. The van der Waals surface area contributed by atoms with Crippen molar-refractivity contribution in [3.8, 4) is 0 Å². The number of carbonyl (C=O) groups excluding carboxylic acids is 1. The molecule has 5 nitrogen and oxygen atoms in total. The first-order valence-corrected chi connectivity index (χ1v) is 11.1. The van der Waals surface area contributed by atoms with Crippen molar-refractivity contribution in [2.24, 2.45) is 28.2 Å². The van der Waals surface area contributed by atoms with Crippen molar-refractivity contribution in [1.82, 2.24) is 0 Å². The lowest BCUT2D eigenvalue weighted by Crippen LogP contribution is -2.50. The van der Waals surface area contributed by atoms with Gasteiger partial charge in [0, 0.05) is 24.2 Å². The monoisotopic (exact) mass is 392 g/mol. The van der Waals surface area contributed by atoms with Gasteiger partial charge in [0.1, 0.15) is 0 Å². The molecule has 5 fully saturated rings. The average Bonchev–Trinajstić information content (AvgIpc) is 3.09. The molecule has 0 aromatic heterocycles. The van der Waals surface area contributed by atoms with E-state index in [9.17, 15) is 4.79 Å². The van der Waals surface area contributed by atoms with Crippen LogP contribution in [0.2, 0.25) is 0 Å². The summed E-state index contributed by atoms with van der Waals surface area (Å²) in [5.41, 5.74) is 2.67. The minimum Gasteiger partial charge on any atom is -0.406 e. The summed E-state index contributed by atoms with van der Waals surface area (Å²) in [7, 11) is 0. The molecule has 0 N–H and O–H groups in total. The zero-order valence-electron chi connectivity index (χ0n) is 16.8. The van der Waals surface area contributed by atoms with Crippen LogP contribution in [0.15, 0.2) is 35.0 Å². The number of cyclic esters (lactones) is 1. The van der Waals surface area contributed by atoms with Crippen molar-refractivity contribution in [2.75, 3.05) is 31.2 Å². The first-order chi connectivity index (χ1) is 14.2. The summed E-state index contributed by atoms with van der Waals surface area (Å²) in [6, 6.07) is 8.34. The topological polar surface area (TPSA) is 51.1 Å². The average molecular weight is 392 g/mol. The lowest BCUT2D eigenvalue weighted by atomic mass is 9.49. The molecular weight excluding hydrogens is 364 g/mol. The van der Waals surface area contributed by atoms with Gasteiger partial charge in [0.05, 0.1) is 13.2 Å². The number of nitrogens with zero attached hydrogens (tertiary/aromatic N) is 2. The number of morpholine rings is 1. The first kappa shape index (κ1) is 17.7. The Bertz CT molecular complexity index is 845. The van der Waals surface area contributed by atoms with Gasteiger partial charge in [0.15, 0.2) is 5.70 Å². The Morgan fingerprint density at radius 1 is 0.966 bits per heavy atom. The largest absolute Gasteiger partial charge is 0.406 e. The molecule has 152 valence electrons. The van der Waals surface area contributed by atoms with Gasteiger partial charge in [-0.15, -0.1) is 0 Å². The van der Waals surface area contributed by atoms with Gasteiger partial charge in [-0.1, -0.05) is 12.1 Å². The molecule has 1 aromatic carbocycles. The number of ether oxygens (including phenoxy) is 2. The Labute approximate surface area is 171 Å². The highest BCUT2D eigenvalue weighted by Crippen LogP contribution is 2.61. The minimum absolute atomic E-state index is 0.0280. The molecule has 2 heterocycles. The van der Waals surface area contributed by atoms with Gasteiger partial charge in [0.25, 0.3) is 0 Å². The van der Waals surface area contributed by atoms with E-state index in [2.05, 4.69) is 29.2 Å².